The fourth-order valence-electron chi connectivity index (χ4n) is 1.62. The molecule has 5 heteroatoms. The molecule has 0 aliphatic carbocycles. The quantitative estimate of drug-likeness (QED) is 0.705. The number of aliphatic hydroxyl groups excluding tert-OH is 1. The molecule has 14 heavy (non-hydrogen) atoms. The Labute approximate surface area is 81.9 Å². The monoisotopic (exact) mass is 195 g/mol. The topological polar surface area (TPSA) is 58.4 Å². The van der Waals surface area contributed by atoms with E-state index in [4.69, 9.17) is 0 Å². The first-order valence-electron chi connectivity index (χ1n) is 4.69. The summed E-state index contributed by atoms with van der Waals surface area (Å²) in [6.07, 6.45) is 3.34. The molecule has 0 spiro atoms. The van der Waals surface area contributed by atoms with Gasteiger partial charge >= 0.3 is 0 Å². The number of likely N-dealkylation sites (tertiary alicyclic amines) is 1. The summed E-state index contributed by atoms with van der Waals surface area (Å²) >= 11 is 0. The van der Waals surface area contributed by atoms with E-state index in [2.05, 4.69) is 5.10 Å². The molecular weight excluding hydrogens is 182 g/mol. The van der Waals surface area contributed by atoms with Crippen LogP contribution >= 0.6 is 0 Å². The molecule has 1 unspecified atom stereocenters. The first kappa shape index (κ1) is 9.21. The molecule has 0 radical (unpaired) electrons. The molecule has 0 aromatic carbocycles. The van der Waals surface area contributed by atoms with Crippen LogP contribution in [-0.4, -0.2) is 44.9 Å². The Hall–Kier alpha value is -1.36. The van der Waals surface area contributed by atoms with Gasteiger partial charge in [-0.05, 0) is 6.07 Å². The number of rotatable bonds is 3. The predicted molar refractivity (Wildman–Crippen MR) is 49.4 cm³/mol. The number of carbonyl (C=O) groups is 1. The van der Waals surface area contributed by atoms with Crippen LogP contribution in [0.3, 0.4) is 0 Å². The largest absolute Gasteiger partial charge is 0.391 e. The molecule has 0 bridgehead atoms. The zero-order chi connectivity index (χ0) is 9.97. The van der Waals surface area contributed by atoms with Crippen LogP contribution in [0.4, 0.5) is 0 Å². The summed E-state index contributed by atoms with van der Waals surface area (Å²) in [5.41, 5.74) is 0. The summed E-state index contributed by atoms with van der Waals surface area (Å²) in [6.45, 7) is 1.77. The smallest absolute Gasteiger partial charge is 0.225 e. The summed E-state index contributed by atoms with van der Waals surface area (Å²) in [6, 6.07) is 1.85. The van der Waals surface area contributed by atoms with E-state index in [9.17, 15) is 9.90 Å². The van der Waals surface area contributed by atoms with Gasteiger partial charge in [-0.1, -0.05) is 0 Å². The maximum Gasteiger partial charge on any atom is 0.225 e. The molecule has 2 heterocycles. The summed E-state index contributed by atoms with van der Waals surface area (Å²) in [7, 11) is 0. The minimum atomic E-state index is -0.486. The van der Waals surface area contributed by atoms with Crippen LogP contribution in [0.2, 0.25) is 0 Å². The Balaban J connectivity index is 1.84. The molecule has 1 amide bonds. The normalized spacial score (nSPS) is 21.9. The van der Waals surface area contributed by atoms with Crippen molar-refractivity contribution < 1.29 is 9.90 Å². The molecule has 1 aliphatic heterocycles. The molecule has 1 N–H and O–H groups in total. The highest BCUT2D eigenvalue weighted by Crippen LogP contribution is 2.10. The van der Waals surface area contributed by atoms with Crippen LogP contribution in [0.5, 0.6) is 0 Å². The van der Waals surface area contributed by atoms with Crippen molar-refractivity contribution in [2.45, 2.75) is 19.1 Å². The number of amides is 1. The molecule has 1 atom stereocenters. The molecule has 1 aliphatic rings. The molecular formula is C9H13N3O2. The van der Waals surface area contributed by atoms with E-state index in [1.54, 1.807) is 15.8 Å². The first-order valence-corrected chi connectivity index (χ1v) is 4.69. The average molecular weight is 195 g/mol. The van der Waals surface area contributed by atoms with E-state index >= 15 is 0 Å². The standard InChI is InChI=1S/C9H13N3O2/c13-8-6-9(14)11(7-8)4-5-12-3-1-2-10-12/h1-3,8,13H,4-7H2. The maximum atomic E-state index is 11.3. The molecule has 1 aromatic heterocycles. The van der Waals surface area contributed by atoms with Crippen LogP contribution in [0.25, 0.3) is 0 Å². The highest BCUT2D eigenvalue weighted by atomic mass is 16.3. The number of hydrogen-bond acceptors (Lipinski definition) is 3. The van der Waals surface area contributed by atoms with Gasteiger partial charge in [0.1, 0.15) is 0 Å². The third-order valence-corrected chi connectivity index (χ3v) is 2.35. The van der Waals surface area contributed by atoms with Crippen molar-refractivity contribution in [1.82, 2.24) is 14.7 Å². The second-order valence-corrected chi connectivity index (χ2v) is 3.47. The average Bonchev–Trinajstić information content (AvgIpc) is 2.72. The van der Waals surface area contributed by atoms with E-state index in [1.807, 2.05) is 12.3 Å². The van der Waals surface area contributed by atoms with Crippen molar-refractivity contribution in [2.24, 2.45) is 0 Å². The maximum absolute atomic E-state index is 11.3. The molecule has 5 nitrogen and oxygen atoms in total. The SMILES string of the molecule is O=C1CC(O)CN1CCn1cccn1. The molecule has 1 saturated heterocycles. The van der Waals surface area contributed by atoms with Crippen molar-refractivity contribution in [2.75, 3.05) is 13.1 Å². The highest BCUT2D eigenvalue weighted by molar-refractivity contribution is 5.78. The second-order valence-electron chi connectivity index (χ2n) is 3.47. The zero-order valence-electron chi connectivity index (χ0n) is 7.83. The summed E-state index contributed by atoms with van der Waals surface area (Å²) in [5.74, 6) is 0.0321. The Morgan fingerprint density at radius 2 is 2.43 bits per heavy atom. The van der Waals surface area contributed by atoms with E-state index in [1.165, 1.54) is 0 Å². The van der Waals surface area contributed by atoms with Gasteiger partial charge in [0.05, 0.1) is 19.1 Å². The van der Waals surface area contributed by atoms with Crippen LogP contribution in [0, 0.1) is 0 Å². The minimum absolute atomic E-state index is 0.0321. The molecule has 76 valence electrons. The number of β-amino-alcohol motifs (C(OH)–C–C–N with tert-alkyl or cyclic N) is 1. The van der Waals surface area contributed by atoms with E-state index < -0.39 is 6.10 Å². The van der Waals surface area contributed by atoms with E-state index in [0.29, 0.717) is 19.6 Å². The Morgan fingerprint density at radius 3 is 3.00 bits per heavy atom. The number of aromatic nitrogens is 2. The summed E-state index contributed by atoms with van der Waals surface area (Å²) in [4.78, 5) is 13.0. The van der Waals surface area contributed by atoms with E-state index in [0.717, 1.165) is 0 Å². The van der Waals surface area contributed by atoms with Gasteiger partial charge in [0.25, 0.3) is 0 Å². The van der Waals surface area contributed by atoms with Crippen LogP contribution in [-0.2, 0) is 11.3 Å². The Kier molecular flexibility index (Phi) is 2.49. The lowest BCUT2D eigenvalue weighted by atomic mass is 10.3. The van der Waals surface area contributed by atoms with Crippen LogP contribution < -0.4 is 0 Å². The van der Waals surface area contributed by atoms with Gasteiger partial charge in [0.2, 0.25) is 5.91 Å². The van der Waals surface area contributed by atoms with Gasteiger partial charge in [-0.3, -0.25) is 9.48 Å². The molecule has 1 aromatic rings. The fourth-order valence-corrected chi connectivity index (χ4v) is 1.62. The van der Waals surface area contributed by atoms with Crippen molar-refractivity contribution in [3.05, 3.63) is 18.5 Å². The first-order chi connectivity index (χ1) is 6.75. The number of aliphatic hydroxyl groups is 1. The van der Waals surface area contributed by atoms with Crippen LogP contribution in [0.15, 0.2) is 18.5 Å². The van der Waals surface area contributed by atoms with Gasteiger partial charge in [-0.15, -0.1) is 0 Å². The third-order valence-electron chi connectivity index (χ3n) is 2.35. The lowest BCUT2D eigenvalue weighted by Gasteiger charge is -2.15. The lowest BCUT2D eigenvalue weighted by Crippen LogP contribution is -2.29. The van der Waals surface area contributed by atoms with Crippen LogP contribution in [0.1, 0.15) is 6.42 Å². The van der Waals surface area contributed by atoms with Gasteiger partial charge in [-0.25, -0.2) is 0 Å². The molecule has 2 rings (SSSR count). The van der Waals surface area contributed by atoms with Gasteiger partial charge < -0.3 is 10.0 Å². The van der Waals surface area contributed by atoms with Crippen molar-refractivity contribution in [1.29, 1.82) is 0 Å². The predicted octanol–water partition coefficient (Wildman–Crippen LogP) is -0.524. The highest BCUT2D eigenvalue weighted by Gasteiger charge is 2.27. The second kappa shape index (κ2) is 3.79. The van der Waals surface area contributed by atoms with Crippen molar-refractivity contribution in [3.63, 3.8) is 0 Å². The van der Waals surface area contributed by atoms with Crippen molar-refractivity contribution >= 4 is 5.91 Å². The zero-order valence-corrected chi connectivity index (χ0v) is 7.83. The van der Waals surface area contributed by atoms with Gasteiger partial charge in [0, 0.05) is 25.5 Å². The van der Waals surface area contributed by atoms with Gasteiger partial charge in [-0.2, -0.15) is 5.10 Å². The number of carbonyl (C=O) groups excluding carboxylic acids is 1. The minimum Gasteiger partial charge on any atom is -0.391 e. The fraction of sp³-hybridized carbons (Fsp3) is 0.556. The third kappa shape index (κ3) is 1.93. The molecule has 1 fully saturated rings. The molecule has 0 saturated carbocycles. The summed E-state index contributed by atoms with van der Waals surface area (Å²) in [5, 5.41) is 13.3. The van der Waals surface area contributed by atoms with E-state index in [-0.39, 0.29) is 12.3 Å². The van der Waals surface area contributed by atoms with Gasteiger partial charge in [0.15, 0.2) is 0 Å². The summed E-state index contributed by atoms with van der Waals surface area (Å²) < 4.78 is 1.78. The Morgan fingerprint density at radius 1 is 1.57 bits per heavy atom. The van der Waals surface area contributed by atoms with Crippen molar-refractivity contribution in [3.8, 4) is 0 Å². The number of hydrogen-bond donors (Lipinski definition) is 1. The number of nitrogens with zero attached hydrogens (tertiary/aromatic N) is 3. The lowest BCUT2D eigenvalue weighted by molar-refractivity contribution is -0.127. The Bertz CT molecular complexity index is 310.